The van der Waals surface area contributed by atoms with Crippen LogP contribution in [0.3, 0.4) is 0 Å². The second kappa shape index (κ2) is 5.47. The molecule has 0 fully saturated rings. The molecule has 1 N–H and O–H groups in total. The number of hydrogen-bond donors (Lipinski definition) is 1. The predicted molar refractivity (Wildman–Crippen MR) is 73.4 cm³/mol. The molecule has 0 unspecified atom stereocenters. The van der Waals surface area contributed by atoms with Crippen molar-refractivity contribution in [1.29, 1.82) is 0 Å². The topological polar surface area (TPSA) is 29.9 Å². The Balaban J connectivity index is 2.27. The van der Waals surface area contributed by atoms with Crippen molar-refractivity contribution in [2.45, 2.75) is 20.4 Å². The van der Waals surface area contributed by atoms with Gasteiger partial charge in [-0.25, -0.2) is 4.98 Å². The summed E-state index contributed by atoms with van der Waals surface area (Å²) in [4.78, 5) is 4.38. The maximum atomic E-state index is 4.38. The van der Waals surface area contributed by atoms with E-state index in [-0.39, 0.29) is 0 Å². The fraction of sp³-hybridized carbons (Fsp3) is 0.308. The zero-order valence-electron chi connectivity index (χ0n) is 10.1. The molecule has 1 heterocycles. The number of aromatic nitrogens is 2. The van der Waals surface area contributed by atoms with Crippen molar-refractivity contribution in [3.63, 3.8) is 0 Å². The lowest BCUT2D eigenvalue weighted by atomic mass is 10.2. The minimum Gasteiger partial charge on any atom is -0.311 e. The van der Waals surface area contributed by atoms with Crippen LogP contribution in [0.5, 0.6) is 0 Å². The van der Waals surface area contributed by atoms with E-state index in [1.807, 2.05) is 10.9 Å². The molecule has 0 amide bonds. The van der Waals surface area contributed by atoms with Crippen LogP contribution in [0.15, 0.2) is 35.2 Å². The Morgan fingerprint density at radius 3 is 3.00 bits per heavy atom. The van der Waals surface area contributed by atoms with Crippen LogP contribution in [0.25, 0.3) is 5.69 Å². The summed E-state index contributed by atoms with van der Waals surface area (Å²) in [6.45, 7) is 5.95. The van der Waals surface area contributed by atoms with Gasteiger partial charge in [-0.1, -0.05) is 13.0 Å². The number of hydrogen-bond acceptors (Lipinski definition) is 2. The Kier molecular flexibility index (Phi) is 3.97. The van der Waals surface area contributed by atoms with Gasteiger partial charge in [0.1, 0.15) is 0 Å². The normalized spacial score (nSPS) is 10.8. The van der Waals surface area contributed by atoms with E-state index >= 15 is 0 Å². The van der Waals surface area contributed by atoms with Crippen LogP contribution in [0.4, 0.5) is 0 Å². The first kappa shape index (κ1) is 12.3. The van der Waals surface area contributed by atoms with Crippen molar-refractivity contribution in [2.75, 3.05) is 6.54 Å². The summed E-state index contributed by atoms with van der Waals surface area (Å²) < 4.78 is 3.12. The number of rotatable bonds is 4. The lowest BCUT2D eigenvalue weighted by Crippen LogP contribution is -2.11. The van der Waals surface area contributed by atoms with Crippen LogP contribution in [-0.2, 0) is 6.54 Å². The van der Waals surface area contributed by atoms with Gasteiger partial charge in [0.2, 0.25) is 0 Å². The smallest absolute Gasteiger partial charge is 0.0996 e. The quantitative estimate of drug-likeness (QED) is 0.939. The lowest BCUT2D eigenvalue weighted by molar-refractivity contribution is 0.713. The molecule has 0 saturated carbocycles. The van der Waals surface area contributed by atoms with Gasteiger partial charge < -0.3 is 9.88 Å². The molecule has 0 aliphatic rings. The van der Waals surface area contributed by atoms with Crippen LogP contribution >= 0.6 is 15.9 Å². The number of nitrogens with zero attached hydrogens (tertiary/aromatic N) is 2. The van der Waals surface area contributed by atoms with Gasteiger partial charge in [0, 0.05) is 17.2 Å². The van der Waals surface area contributed by atoms with Gasteiger partial charge in [-0.15, -0.1) is 0 Å². The Labute approximate surface area is 110 Å². The zero-order valence-corrected chi connectivity index (χ0v) is 11.7. The molecule has 1 aromatic heterocycles. The molecular formula is C13H16BrN3. The van der Waals surface area contributed by atoms with E-state index in [1.165, 1.54) is 5.56 Å². The Morgan fingerprint density at radius 1 is 1.41 bits per heavy atom. The van der Waals surface area contributed by atoms with E-state index in [1.54, 1.807) is 0 Å². The van der Waals surface area contributed by atoms with Gasteiger partial charge in [0.25, 0.3) is 0 Å². The number of nitrogens with one attached hydrogen (secondary N) is 1. The third-order valence-electron chi connectivity index (χ3n) is 2.57. The highest BCUT2D eigenvalue weighted by atomic mass is 79.9. The number of imidazole rings is 1. The molecule has 0 atom stereocenters. The maximum absolute atomic E-state index is 4.38. The molecule has 0 aliphatic carbocycles. The van der Waals surface area contributed by atoms with Crippen molar-refractivity contribution in [3.8, 4) is 5.69 Å². The largest absolute Gasteiger partial charge is 0.311 e. The summed E-state index contributed by atoms with van der Waals surface area (Å²) in [5.74, 6) is 0. The third kappa shape index (κ3) is 2.96. The summed E-state index contributed by atoms with van der Waals surface area (Å²) >= 11 is 3.56. The van der Waals surface area contributed by atoms with E-state index in [0.29, 0.717) is 0 Å². The van der Waals surface area contributed by atoms with E-state index in [4.69, 9.17) is 0 Å². The van der Waals surface area contributed by atoms with Crippen molar-refractivity contribution < 1.29 is 0 Å². The van der Waals surface area contributed by atoms with Gasteiger partial charge in [-0.05, 0) is 47.1 Å². The molecule has 17 heavy (non-hydrogen) atoms. The number of aryl methyl sites for hydroxylation is 1. The monoisotopic (exact) mass is 293 g/mol. The van der Waals surface area contributed by atoms with Crippen LogP contribution in [0, 0.1) is 6.92 Å². The van der Waals surface area contributed by atoms with Gasteiger partial charge in [0.05, 0.1) is 17.7 Å². The van der Waals surface area contributed by atoms with E-state index in [2.05, 4.69) is 64.5 Å². The van der Waals surface area contributed by atoms with Gasteiger partial charge in [-0.3, -0.25) is 0 Å². The van der Waals surface area contributed by atoms with Crippen LogP contribution in [-0.4, -0.2) is 16.1 Å². The molecule has 3 nitrogen and oxygen atoms in total. The van der Waals surface area contributed by atoms with Gasteiger partial charge in [0.15, 0.2) is 0 Å². The predicted octanol–water partition coefficient (Wildman–Crippen LogP) is 3.05. The summed E-state index contributed by atoms with van der Waals surface area (Å²) in [6.07, 6.45) is 3.91. The Morgan fingerprint density at radius 2 is 2.24 bits per heavy atom. The molecule has 2 rings (SSSR count). The third-order valence-corrected chi connectivity index (χ3v) is 3.24. The standard InChI is InChI=1S/C13H16BrN3/c1-3-15-7-11-8-17(9-16-11)13-6-10(2)4-5-12(13)14/h4-6,8-9,15H,3,7H2,1-2H3. The second-order valence-electron chi connectivity index (χ2n) is 4.01. The molecule has 0 spiro atoms. The van der Waals surface area contributed by atoms with Gasteiger partial charge >= 0.3 is 0 Å². The average molecular weight is 294 g/mol. The van der Waals surface area contributed by atoms with E-state index in [9.17, 15) is 0 Å². The molecule has 2 aromatic rings. The Bertz CT molecular complexity index is 505. The molecular weight excluding hydrogens is 278 g/mol. The molecule has 90 valence electrons. The van der Waals surface area contributed by atoms with Crippen molar-refractivity contribution in [2.24, 2.45) is 0 Å². The second-order valence-corrected chi connectivity index (χ2v) is 4.86. The summed E-state index contributed by atoms with van der Waals surface area (Å²) in [5.41, 5.74) is 3.42. The lowest BCUT2D eigenvalue weighted by Gasteiger charge is -2.06. The number of halogens is 1. The highest BCUT2D eigenvalue weighted by Crippen LogP contribution is 2.22. The Hall–Kier alpha value is -1.13. The van der Waals surface area contributed by atoms with Gasteiger partial charge in [-0.2, -0.15) is 0 Å². The van der Waals surface area contributed by atoms with Crippen molar-refractivity contribution >= 4 is 15.9 Å². The highest BCUT2D eigenvalue weighted by molar-refractivity contribution is 9.10. The molecule has 4 heteroatoms. The highest BCUT2D eigenvalue weighted by Gasteiger charge is 2.04. The SMILES string of the molecule is CCNCc1cn(-c2cc(C)ccc2Br)cn1. The summed E-state index contributed by atoms with van der Waals surface area (Å²) in [7, 11) is 0. The first-order valence-corrected chi connectivity index (χ1v) is 6.50. The number of benzene rings is 1. The molecule has 0 bridgehead atoms. The first-order chi connectivity index (χ1) is 8.20. The average Bonchev–Trinajstić information content (AvgIpc) is 2.78. The molecule has 0 aliphatic heterocycles. The molecule has 0 saturated heterocycles. The molecule has 0 radical (unpaired) electrons. The van der Waals surface area contributed by atoms with Crippen LogP contribution < -0.4 is 5.32 Å². The van der Waals surface area contributed by atoms with Crippen LogP contribution in [0.1, 0.15) is 18.2 Å². The summed E-state index contributed by atoms with van der Waals surface area (Å²) in [6, 6.07) is 6.29. The van der Waals surface area contributed by atoms with E-state index < -0.39 is 0 Å². The van der Waals surface area contributed by atoms with Crippen molar-refractivity contribution in [1.82, 2.24) is 14.9 Å². The fourth-order valence-electron chi connectivity index (χ4n) is 1.66. The maximum Gasteiger partial charge on any atom is 0.0996 e. The van der Waals surface area contributed by atoms with Crippen molar-refractivity contribution in [3.05, 3.63) is 46.5 Å². The van der Waals surface area contributed by atoms with Crippen LogP contribution in [0.2, 0.25) is 0 Å². The summed E-state index contributed by atoms with van der Waals surface area (Å²) in [5, 5.41) is 3.27. The fourth-order valence-corrected chi connectivity index (χ4v) is 2.11. The zero-order chi connectivity index (χ0) is 12.3. The minimum absolute atomic E-state index is 0.812. The minimum atomic E-state index is 0.812. The first-order valence-electron chi connectivity index (χ1n) is 5.71. The van der Waals surface area contributed by atoms with E-state index in [0.717, 1.165) is 28.9 Å². The molecule has 1 aromatic carbocycles.